The van der Waals surface area contributed by atoms with E-state index in [9.17, 15) is 0 Å². The first kappa shape index (κ1) is 14.6. The molecule has 114 valence electrons. The maximum absolute atomic E-state index is 6.23. The third kappa shape index (κ3) is 3.30. The van der Waals surface area contributed by atoms with Crippen LogP contribution in [-0.2, 0) is 0 Å². The number of para-hydroxylation sites is 1. The van der Waals surface area contributed by atoms with Gasteiger partial charge in [-0.25, -0.2) is 4.99 Å². The van der Waals surface area contributed by atoms with Gasteiger partial charge in [-0.2, -0.15) is 0 Å². The molecule has 0 aliphatic carbocycles. The molecule has 0 aromatic heterocycles. The van der Waals surface area contributed by atoms with Gasteiger partial charge in [-0.1, -0.05) is 48.0 Å². The van der Waals surface area contributed by atoms with E-state index in [1.807, 2.05) is 18.2 Å². The van der Waals surface area contributed by atoms with Gasteiger partial charge in [0, 0.05) is 18.7 Å². The molecule has 1 saturated heterocycles. The van der Waals surface area contributed by atoms with Gasteiger partial charge >= 0.3 is 0 Å². The standard InChI is InChI=1S/C19H23N3/c1-15-8-7-9-16(14-15)17-10-3-4-11-18(17)21-19(20)22-12-5-2-6-13-22/h3-4,7-11,14H,2,5-6,12-13H2,1H3,(H2,20,21). The molecule has 0 bridgehead atoms. The monoisotopic (exact) mass is 293 g/mol. The van der Waals surface area contributed by atoms with E-state index in [4.69, 9.17) is 10.7 Å². The largest absolute Gasteiger partial charge is 0.369 e. The van der Waals surface area contributed by atoms with Gasteiger partial charge in [0.2, 0.25) is 0 Å². The molecular weight excluding hydrogens is 270 g/mol. The number of nitrogens with zero attached hydrogens (tertiary/aromatic N) is 2. The molecule has 3 heteroatoms. The van der Waals surface area contributed by atoms with Gasteiger partial charge in [0.25, 0.3) is 0 Å². The smallest absolute Gasteiger partial charge is 0.196 e. The fraction of sp³-hybridized carbons (Fsp3) is 0.316. The maximum Gasteiger partial charge on any atom is 0.196 e. The van der Waals surface area contributed by atoms with Crippen LogP contribution in [0.3, 0.4) is 0 Å². The summed E-state index contributed by atoms with van der Waals surface area (Å²) in [5.74, 6) is 0.639. The first-order valence-electron chi connectivity index (χ1n) is 7.99. The highest BCUT2D eigenvalue weighted by Gasteiger charge is 2.13. The average Bonchev–Trinajstić information content (AvgIpc) is 2.56. The van der Waals surface area contributed by atoms with Gasteiger partial charge in [-0.15, -0.1) is 0 Å². The highest BCUT2D eigenvalue weighted by molar-refractivity contribution is 5.85. The second-order valence-corrected chi connectivity index (χ2v) is 5.90. The van der Waals surface area contributed by atoms with Crippen LogP contribution in [0.4, 0.5) is 5.69 Å². The number of hydrogen-bond acceptors (Lipinski definition) is 1. The van der Waals surface area contributed by atoms with Crippen LogP contribution in [0.1, 0.15) is 24.8 Å². The van der Waals surface area contributed by atoms with Crippen LogP contribution in [-0.4, -0.2) is 23.9 Å². The molecule has 1 heterocycles. The van der Waals surface area contributed by atoms with E-state index >= 15 is 0 Å². The minimum absolute atomic E-state index is 0.639. The summed E-state index contributed by atoms with van der Waals surface area (Å²) in [5.41, 5.74) is 10.7. The number of piperidine rings is 1. The molecule has 3 rings (SSSR count). The van der Waals surface area contributed by atoms with Crippen molar-refractivity contribution in [2.75, 3.05) is 13.1 Å². The Bertz CT molecular complexity index is 670. The predicted molar refractivity (Wildman–Crippen MR) is 93.3 cm³/mol. The number of aliphatic imine (C=N–C) groups is 1. The van der Waals surface area contributed by atoms with Gasteiger partial charge in [0.15, 0.2) is 5.96 Å². The van der Waals surface area contributed by atoms with E-state index < -0.39 is 0 Å². The van der Waals surface area contributed by atoms with Crippen molar-refractivity contribution in [1.82, 2.24) is 4.90 Å². The number of hydrogen-bond donors (Lipinski definition) is 1. The zero-order chi connectivity index (χ0) is 15.4. The summed E-state index contributed by atoms with van der Waals surface area (Å²) in [6.45, 7) is 4.14. The molecule has 2 N–H and O–H groups in total. The molecule has 1 aliphatic rings. The zero-order valence-corrected chi connectivity index (χ0v) is 13.1. The Morgan fingerprint density at radius 2 is 1.77 bits per heavy atom. The van der Waals surface area contributed by atoms with Crippen molar-refractivity contribution in [1.29, 1.82) is 0 Å². The van der Waals surface area contributed by atoms with Gasteiger partial charge < -0.3 is 10.6 Å². The molecule has 0 unspecified atom stereocenters. The molecule has 1 aliphatic heterocycles. The molecule has 0 saturated carbocycles. The zero-order valence-electron chi connectivity index (χ0n) is 13.1. The fourth-order valence-corrected chi connectivity index (χ4v) is 2.94. The third-order valence-electron chi connectivity index (χ3n) is 4.15. The van der Waals surface area contributed by atoms with Crippen molar-refractivity contribution in [2.24, 2.45) is 10.7 Å². The topological polar surface area (TPSA) is 41.6 Å². The van der Waals surface area contributed by atoms with Crippen LogP contribution in [0.25, 0.3) is 11.1 Å². The summed E-state index contributed by atoms with van der Waals surface area (Å²) in [7, 11) is 0. The number of likely N-dealkylation sites (tertiary alicyclic amines) is 1. The van der Waals surface area contributed by atoms with E-state index in [0.29, 0.717) is 5.96 Å². The number of benzene rings is 2. The SMILES string of the molecule is Cc1cccc(-c2ccccc2N=C(N)N2CCCCC2)c1. The lowest BCUT2D eigenvalue weighted by Crippen LogP contribution is -2.40. The van der Waals surface area contributed by atoms with Crippen molar-refractivity contribution in [3.63, 3.8) is 0 Å². The second-order valence-electron chi connectivity index (χ2n) is 5.90. The number of guanidine groups is 1. The predicted octanol–water partition coefficient (Wildman–Crippen LogP) is 4.09. The van der Waals surface area contributed by atoms with E-state index in [0.717, 1.165) is 24.3 Å². The van der Waals surface area contributed by atoms with Crippen molar-refractivity contribution in [3.8, 4) is 11.1 Å². The summed E-state index contributed by atoms with van der Waals surface area (Å²) in [5, 5.41) is 0. The van der Waals surface area contributed by atoms with Crippen molar-refractivity contribution in [3.05, 3.63) is 54.1 Å². The normalized spacial score (nSPS) is 15.9. The molecule has 3 nitrogen and oxygen atoms in total. The van der Waals surface area contributed by atoms with Crippen LogP contribution < -0.4 is 5.73 Å². The quantitative estimate of drug-likeness (QED) is 0.669. The number of nitrogens with two attached hydrogens (primary N) is 1. The molecule has 0 amide bonds. The van der Waals surface area contributed by atoms with Gasteiger partial charge in [0.05, 0.1) is 5.69 Å². The highest BCUT2D eigenvalue weighted by atomic mass is 15.3. The van der Waals surface area contributed by atoms with Gasteiger partial charge in [-0.05, 0) is 37.8 Å². The Hall–Kier alpha value is -2.29. The van der Waals surface area contributed by atoms with Crippen LogP contribution in [0.15, 0.2) is 53.5 Å². The first-order valence-corrected chi connectivity index (χ1v) is 7.99. The fourth-order valence-electron chi connectivity index (χ4n) is 2.94. The maximum atomic E-state index is 6.23. The van der Waals surface area contributed by atoms with E-state index in [1.165, 1.54) is 30.4 Å². The van der Waals surface area contributed by atoms with Crippen LogP contribution in [0, 0.1) is 6.92 Å². The van der Waals surface area contributed by atoms with Crippen molar-refractivity contribution >= 4 is 11.6 Å². The molecule has 2 aromatic carbocycles. The minimum Gasteiger partial charge on any atom is -0.369 e. The minimum atomic E-state index is 0.639. The summed E-state index contributed by atoms with van der Waals surface area (Å²) >= 11 is 0. The van der Waals surface area contributed by atoms with E-state index in [2.05, 4.69) is 42.2 Å². The first-order chi connectivity index (χ1) is 10.7. The molecule has 0 atom stereocenters. The molecule has 2 aromatic rings. The van der Waals surface area contributed by atoms with Crippen LogP contribution >= 0.6 is 0 Å². The molecule has 0 spiro atoms. The highest BCUT2D eigenvalue weighted by Crippen LogP contribution is 2.30. The summed E-state index contributed by atoms with van der Waals surface area (Å²) < 4.78 is 0. The van der Waals surface area contributed by atoms with Crippen LogP contribution in [0.5, 0.6) is 0 Å². The lowest BCUT2D eigenvalue weighted by molar-refractivity contribution is 0.339. The van der Waals surface area contributed by atoms with Crippen molar-refractivity contribution < 1.29 is 0 Å². The lowest BCUT2D eigenvalue weighted by atomic mass is 10.0. The Morgan fingerprint density at radius 1 is 1.00 bits per heavy atom. The Labute approximate surface area is 132 Å². The molecular formula is C19H23N3. The van der Waals surface area contributed by atoms with Crippen molar-refractivity contribution in [2.45, 2.75) is 26.2 Å². The lowest BCUT2D eigenvalue weighted by Gasteiger charge is -2.27. The Balaban J connectivity index is 1.94. The summed E-state index contributed by atoms with van der Waals surface area (Å²) in [6, 6.07) is 16.7. The van der Waals surface area contributed by atoms with E-state index in [1.54, 1.807) is 0 Å². The van der Waals surface area contributed by atoms with Gasteiger partial charge in [-0.3, -0.25) is 0 Å². The summed E-state index contributed by atoms with van der Waals surface area (Å²) in [6.07, 6.45) is 3.70. The van der Waals surface area contributed by atoms with Gasteiger partial charge in [0.1, 0.15) is 0 Å². The third-order valence-corrected chi connectivity index (χ3v) is 4.15. The Morgan fingerprint density at radius 3 is 2.55 bits per heavy atom. The number of aryl methyl sites for hydroxylation is 1. The van der Waals surface area contributed by atoms with E-state index in [-0.39, 0.29) is 0 Å². The second kappa shape index (κ2) is 6.65. The molecule has 22 heavy (non-hydrogen) atoms. The average molecular weight is 293 g/mol. The summed E-state index contributed by atoms with van der Waals surface area (Å²) in [4.78, 5) is 6.90. The molecule has 1 fully saturated rings. The number of rotatable bonds is 2. The van der Waals surface area contributed by atoms with Crippen LogP contribution in [0.2, 0.25) is 0 Å². The Kier molecular flexibility index (Phi) is 4.42. The molecule has 0 radical (unpaired) electrons.